The van der Waals surface area contributed by atoms with Crippen LogP contribution in [0.25, 0.3) is 11.7 Å². The topological polar surface area (TPSA) is 75.0 Å². The van der Waals surface area contributed by atoms with Crippen LogP contribution in [-0.4, -0.2) is 59.1 Å². The minimum Gasteiger partial charge on any atom is -0.338 e. The molecule has 162 valence electrons. The fourth-order valence-electron chi connectivity index (χ4n) is 3.50. The quantitative estimate of drug-likeness (QED) is 0.558. The van der Waals surface area contributed by atoms with E-state index in [0.717, 1.165) is 12.1 Å². The van der Waals surface area contributed by atoms with Gasteiger partial charge in [-0.3, -0.25) is 9.20 Å². The minimum absolute atomic E-state index is 0.0378. The largest absolute Gasteiger partial charge is 0.338 e. The lowest BCUT2D eigenvalue weighted by atomic mass is 10.3. The molecule has 1 aromatic carbocycles. The molecule has 10 heteroatoms. The van der Waals surface area contributed by atoms with Crippen LogP contribution in [0.4, 0.5) is 4.39 Å². The molecule has 31 heavy (non-hydrogen) atoms. The SMILES string of the molecule is O=C(/C=C/c1c(Cl)nc2ccccn12)N1CCCN(S(=O)(=O)c2ccc(F)cc2)CC1. The number of aromatic nitrogens is 2. The van der Waals surface area contributed by atoms with Gasteiger partial charge in [0.25, 0.3) is 0 Å². The lowest BCUT2D eigenvalue weighted by Gasteiger charge is -2.21. The van der Waals surface area contributed by atoms with Gasteiger partial charge in [0.2, 0.25) is 15.9 Å². The van der Waals surface area contributed by atoms with Gasteiger partial charge in [0.1, 0.15) is 11.5 Å². The predicted octanol–water partition coefficient (Wildman–Crippen LogP) is 3.06. The normalized spacial score (nSPS) is 16.1. The highest BCUT2D eigenvalue weighted by Gasteiger charge is 2.27. The van der Waals surface area contributed by atoms with E-state index in [1.165, 1.54) is 22.5 Å². The first-order valence-electron chi connectivity index (χ1n) is 9.71. The summed E-state index contributed by atoms with van der Waals surface area (Å²) >= 11 is 6.20. The van der Waals surface area contributed by atoms with Gasteiger partial charge < -0.3 is 4.90 Å². The fourth-order valence-corrected chi connectivity index (χ4v) is 5.21. The molecule has 0 spiro atoms. The number of benzene rings is 1. The zero-order valence-electron chi connectivity index (χ0n) is 16.5. The van der Waals surface area contributed by atoms with Crippen molar-refractivity contribution >= 4 is 39.3 Å². The van der Waals surface area contributed by atoms with Crippen molar-refractivity contribution in [3.05, 3.63) is 71.4 Å². The summed E-state index contributed by atoms with van der Waals surface area (Å²) in [7, 11) is -3.75. The van der Waals surface area contributed by atoms with E-state index in [0.29, 0.717) is 29.5 Å². The summed E-state index contributed by atoms with van der Waals surface area (Å²) in [6.07, 6.45) is 5.34. The first kappa shape index (κ1) is 21.5. The number of halogens is 2. The molecule has 0 radical (unpaired) electrons. The number of carbonyl (C=O) groups excluding carboxylic acids is 1. The Hall–Kier alpha value is -2.75. The molecule has 1 amide bonds. The molecule has 1 saturated heterocycles. The highest BCUT2D eigenvalue weighted by Crippen LogP contribution is 2.20. The van der Waals surface area contributed by atoms with Gasteiger partial charge >= 0.3 is 0 Å². The number of rotatable bonds is 4. The zero-order chi connectivity index (χ0) is 22.0. The fraction of sp³-hybridized carbons (Fsp3) is 0.238. The minimum atomic E-state index is -3.75. The maximum absolute atomic E-state index is 13.1. The summed E-state index contributed by atoms with van der Waals surface area (Å²) in [4.78, 5) is 18.6. The molecule has 0 atom stereocenters. The highest BCUT2D eigenvalue weighted by molar-refractivity contribution is 7.89. The summed E-state index contributed by atoms with van der Waals surface area (Å²) in [6.45, 7) is 1.13. The van der Waals surface area contributed by atoms with Gasteiger partial charge in [0.05, 0.1) is 10.6 Å². The Labute approximate surface area is 184 Å². The van der Waals surface area contributed by atoms with Crippen molar-refractivity contribution < 1.29 is 17.6 Å². The van der Waals surface area contributed by atoms with E-state index in [4.69, 9.17) is 11.6 Å². The molecule has 1 aliphatic rings. The van der Waals surface area contributed by atoms with Gasteiger partial charge in [0, 0.05) is 38.5 Å². The summed E-state index contributed by atoms with van der Waals surface area (Å²) in [5.74, 6) is -0.729. The summed E-state index contributed by atoms with van der Waals surface area (Å²) in [5, 5.41) is 0.294. The van der Waals surface area contributed by atoms with Crippen molar-refractivity contribution in [3.63, 3.8) is 0 Å². The number of pyridine rings is 1. The van der Waals surface area contributed by atoms with Crippen LogP contribution >= 0.6 is 11.6 Å². The lowest BCUT2D eigenvalue weighted by molar-refractivity contribution is -0.125. The molecular formula is C21H20ClFN4O3S. The molecule has 3 aromatic rings. The van der Waals surface area contributed by atoms with Gasteiger partial charge in [-0.1, -0.05) is 17.7 Å². The molecular weight excluding hydrogens is 443 g/mol. The standard InChI is InChI=1S/C21H20ClFN4O3S/c22-21-18(27-13-2-1-4-19(27)24-21)9-10-20(28)25-11-3-12-26(15-14-25)31(29,30)17-7-5-16(23)6-8-17/h1-2,4-10,13H,3,11-12,14-15H2/b10-9+. The van der Waals surface area contributed by atoms with Gasteiger partial charge in [-0.25, -0.2) is 17.8 Å². The molecule has 0 aliphatic carbocycles. The molecule has 0 unspecified atom stereocenters. The monoisotopic (exact) mass is 462 g/mol. The molecule has 3 heterocycles. The number of carbonyl (C=O) groups is 1. The summed E-state index contributed by atoms with van der Waals surface area (Å²) < 4.78 is 41.9. The molecule has 4 rings (SSSR count). The Morgan fingerprint density at radius 3 is 2.61 bits per heavy atom. The Kier molecular flexibility index (Phi) is 6.08. The zero-order valence-corrected chi connectivity index (χ0v) is 18.1. The second-order valence-electron chi connectivity index (χ2n) is 7.09. The van der Waals surface area contributed by atoms with Crippen molar-refractivity contribution in [1.82, 2.24) is 18.6 Å². The van der Waals surface area contributed by atoms with Crippen molar-refractivity contribution in [3.8, 4) is 0 Å². The van der Waals surface area contributed by atoms with Crippen molar-refractivity contribution in [2.75, 3.05) is 26.2 Å². The van der Waals surface area contributed by atoms with E-state index in [2.05, 4.69) is 4.98 Å². The summed E-state index contributed by atoms with van der Waals surface area (Å²) in [6, 6.07) is 10.3. The van der Waals surface area contributed by atoms with Gasteiger partial charge in [0.15, 0.2) is 5.15 Å². The average Bonchev–Trinajstić information content (AvgIpc) is 2.91. The van der Waals surface area contributed by atoms with E-state index in [1.54, 1.807) is 15.4 Å². The number of fused-ring (bicyclic) bond motifs is 1. The molecule has 0 saturated carbocycles. The highest BCUT2D eigenvalue weighted by atomic mass is 35.5. The number of hydrogen-bond donors (Lipinski definition) is 0. The summed E-state index contributed by atoms with van der Waals surface area (Å²) in [5.41, 5.74) is 1.27. The maximum Gasteiger partial charge on any atom is 0.246 e. The van der Waals surface area contributed by atoms with E-state index in [-0.39, 0.29) is 30.4 Å². The second-order valence-corrected chi connectivity index (χ2v) is 9.38. The van der Waals surface area contributed by atoms with Crippen LogP contribution in [0.15, 0.2) is 59.6 Å². The van der Waals surface area contributed by atoms with Crippen LogP contribution in [-0.2, 0) is 14.8 Å². The third kappa shape index (κ3) is 4.48. The average molecular weight is 463 g/mol. The molecule has 1 fully saturated rings. The second kappa shape index (κ2) is 8.78. The molecule has 7 nitrogen and oxygen atoms in total. The molecule has 0 N–H and O–H groups in total. The van der Waals surface area contributed by atoms with Gasteiger partial charge in [-0.15, -0.1) is 0 Å². The van der Waals surface area contributed by atoms with Crippen molar-refractivity contribution in [2.45, 2.75) is 11.3 Å². The van der Waals surface area contributed by atoms with Crippen LogP contribution in [0.1, 0.15) is 12.1 Å². The number of imidazole rings is 1. The van der Waals surface area contributed by atoms with E-state index < -0.39 is 15.8 Å². The maximum atomic E-state index is 13.1. The van der Waals surface area contributed by atoms with Crippen LogP contribution < -0.4 is 0 Å². The first-order valence-corrected chi connectivity index (χ1v) is 11.5. The van der Waals surface area contributed by atoms with Crippen molar-refractivity contribution in [2.24, 2.45) is 0 Å². The molecule has 1 aliphatic heterocycles. The number of amides is 1. The van der Waals surface area contributed by atoms with Crippen LogP contribution in [0.3, 0.4) is 0 Å². The number of sulfonamides is 1. The Balaban J connectivity index is 1.46. The first-order chi connectivity index (χ1) is 14.9. The number of hydrogen-bond acceptors (Lipinski definition) is 4. The predicted molar refractivity (Wildman–Crippen MR) is 116 cm³/mol. The number of nitrogens with zero attached hydrogens (tertiary/aromatic N) is 4. The van der Waals surface area contributed by atoms with Crippen LogP contribution in [0.5, 0.6) is 0 Å². The van der Waals surface area contributed by atoms with Crippen molar-refractivity contribution in [1.29, 1.82) is 0 Å². The Bertz CT molecular complexity index is 1240. The van der Waals surface area contributed by atoms with Gasteiger partial charge in [-0.2, -0.15) is 4.31 Å². The third-order valence-corrected chi connectivity index (χ3v) is 7.31. The third-order valence-electron chi connectivity index (χ3n) is 5.12. The van der Waals surface area contributed by atoms with Crippen LogP contribution in [0.2, 0.25) is 5.15 Å². The van der Waals surface area contributed by atoms with E-state index in [9.17, 15) is 17.6 Å². The Morgan fingerprint density at radius 1 is 1.06 bits per heavy atom. The lowest BCUT2D eigenvalue weighted by Crippen LogP contribution is -2.36. The smallest absolute Gasteiger partial charge is 0.246 e. The van der Waals surface area contributed by atoms with E-state index >= 15 is 0 Å². The van der Waals surface area contributed by atoms with Crippen LogP contribution in [0, 0.1) is 5.82 Å². The molecule has 0 bridgehead atoms. The van der Waals surface area contributed by atoms with E-state index in [1.807, 2.05) is 24.4 Å². The Morgan fingerprint density at radius 2 is 1.84 bits per heavy atom. The molecule has 2 aromatic heterocycles. The van der Waals surface area contributed by atoms with Gasteiger partial charge in [-0.05, 0) is 48.9 Å².